The fraction of sp³-hybridized carbons (Fsp3) is 0.571. The van der Waals surface area contributed by atoms with Gasteiger partial charge in [0.1, 0.15) is 0 Å². The maximum atomic E-state index is 14.1. The van der Waals surface area contributed by atoms with Gasteiger partial charge in [0.25, 0.3) is 0 Å². The van der Waals surface area contributed by atoms with Gasteiger partial charge in [-0.1, -0.05) is 6.42 Å². The van der Waals surface area contributed by atoms with E-state index in [1.807, 2.05) is 0 Å². The lowest BCUT2D eigenvalue weighted by atomic mass is 9.95. The van der Waals surface area contributed by atoms with Crippen molar-refractivity contribution in [2.75, 3.05) is 27.9 Å². The SMILES string of the molecule is COc1cc(F)c(OC)c(C2CCCCN2)c1OC. The number of nitrogens with one attached hydrogen (secondary N) is 1. The molecule has 5 heteroatoms. The minimum atomic E-state index is -0.428. The molecule has 4 nitrogen and oxygen atoms in total. The molecule has 1 aliphatic heterocycles. The number of benzene rings is 1. The normalized spacial score (nSPS) is 19.1. The number of halogens is 1. The first kappa shape index (κ1) is 13.9. The summed E-state index contributed by atoms with van der Waals surface area (Å²) in [6.45, 7) is 0.913. The van der Waals surface area contributed by atoms with Crippen molar-refractivity contribution in [3.63, 3.8) is 0 Å². The minimum Gasteiger partial charge on any atom is -0.493 e. The molecule has 2 rings (SSSR count). The molecule has 0 bridgehead atoms. The van der Waals surface area contributed by atoms with Gasteiger partial charge in [0.05, 0.1) is 26.9 Å². The molecular weight excluding hydrogens is 249 g/mol. The molecule has 0 aromatic heterocycles. The average Bonchev–Trinajstić information content (AvgIpc) is 2.46. The number of piperidine rings is 1. The number of rotatable bonds is 4. The van der Waals surface area contributed by atoms with Crippen LogP contribution in [0.3, 0.4) is 0 Å². The Labute approximate surface area is 112 Å². The fourth-order valence-corrected chi connectivity index (χ4v) is 2.60. The standard InChI is InChI=1S/C14H20FNO3/c1-17-11-8-9(15)13(18-2)12(14(11)19-3)10-6-4-5-7-16-10/h8,10,16H,4-7H2,1-3H3. The summed E-state index contributed by atoms with van der Waals surface area (Å²) in [5.41, 5.74) is 0.710. The molecule has 1 atom stereocenters. The van der Waals surface area contributed by atoms with Gasteiger partial charge in [-0.05, 0) is 19.4 Å². The number of hydrogen-bond donors (Lipinski definition) is 1. The molecule has 106 valence electrons. The summed E-state index contributed by atoms with van der Waals surface area (Å²) < 4.78 is 29.9. The molecule has 1 fully saturated rings. The number of hydrogen-bond acceptors (Lipinski definition) is 4. The molecule has 0 spiro atoms. The summed E-state index contributed by atoms with van der Waals surface area (Å²) in [5, 5.41) is 3.38. The summed E-state index contributed by atoms with van der Waals surface area (Å²) in [6, 6.07) is 1.33. The highest BCUT2D eigenvalue weighted by atomic mass is 19.1. The van der Waals surface area contributed by atoms with Crippen LogP contribution in [0.25, 0.3) is 0 Å². The molecule has 1 aromatic carbocycles. The Hall–Kier alpha value is -1.49. The van der Waals surface area contributed by atoms with Crippen molar-refractivity contribution >= 4 is 0 Å². The van der Waals surface area contributed by atoms with E-state index < -0.39 is 5.82 Å². The highest BCUT2D eigenvalue weighted by Crippen LogP contribution is 2.44. The summed E-state index contributed by atoms with van der Waals surface area (Å²) in [4.78, 5) is 0. The molecule has 0 radical (unpaired) electrons. The minimum absolute atomic E-state index is 0.0308. The fourth-order valence-electron chi connectivity index (χ4n) is 2.60. The zero-order chi connectivity index (χ0) is 13.8. The second-order valence-corrected chi connectivity index (χ2v) is 4.54. The largest absolute Gasteiger partial charge is 0.493 e. The van der Waals surface area contributed by atoms with E-state index in [1.165, 1.54) is 20.3 Å². The van der Waals surface area contributed by atoms with E-state index >= 15 is 0 Å². The van der Waals surface area contributed by atoms with Gasteiger partial charge in [0, 0.05) is 12.1 Å². The first-order valence-corrected chi connectivity index (χ1v) is 6.44. The third kappa shape index (κ3) is 2.61. The molecule has 1 saturated heterocycles. The molecule has 1 unspecified atom stereocenters. The lowest BCUT2D eigenvalue weighted by Gasteiger charge is -2.27. The third-order valence-electron chi connectivity index (χ3n) is 3.47. The number of ether oxygens (including phenoxy) is 3. The predicted molar refractivity (Wildman–Crippen MR) is 70.7 cm³/mol. The maximum absolute atomic E-state index is 14.1. The van der Waals surface area contributed by atoms with E-state index in [-0.39, 0.29) is 11.8 Å². The topological polar surface area (TPSA) is 39.7 Å². The highest BCUT2D eigenvalue weighted by Gasteiger charge is 2.28. The van der Waals surface area contributed by atoms with Gasteiger partial charge in [-0.3, -0.25) is 0 Å². The zero-order valence-electron chi connectivity index (χ0n) is 11.6. The molecule has 1 aliphatic rings. The Bertz CT molecular complexity index is 445. The van der Waals surface area contributed by atoms with Gasteiger partial charge in [-0.15, -0.1) is 0 Å². The first-order chi connectivity index (χ1) is 9.22. The van der Waals surface area contributed by atoms with Crippen LogP contribution < -0.4 is 19.5 Å². The van der Waals surface area contributed by atoms with E-state index in [4.69, 9.17) is 14.2 Å². The van der Waals surface area contributed by atoms with E-state index in [9.17, 15) is 4.39 Å². The van der Waals surface area contributed by atoms with Crippen LogP contribution in [0.1, 0.15) is 30.9 Å². The molecule has 0 aliphatic carbocycles. The molecule has 0 saturated carbocycles. The van der Waals surface area contributed by atoms with Crippen LogP contribution in [0, 0.1) is 5.82 Å². The first-order valence-electron chi connectivity index (χ1n) is 6.44. The van der Waals surface area contributed by atoms with Crippen molar-refractivity contribution in [3.05, 3.63) is 17.4 Å². The van der Waals surface area contributed by atoms with Crippen molar-refractivity contribution in [3.8, 4) is 17.2 Å². The quantitative estimate of drug-likeness (QED) is 0.912. The van der Waals surface area contributed by atoms with Gasteiger partial charge < -0.3 is 19.5 Å². The highest BCUT2D eigenvalue weighted by molar-refractivity contribution is 5.56. The van der Waals surface area contributed by atoms with Crippen molar-refractivity contribution in [2.24, 2.45) is 0 Å². The zero-order valence-corrected chi connectivity index (χ0v) is 11.6. The van der Waals surface area contributed by atoms with E-state index in [0.717, 1.165) is 25.8 Å². The summed E-state index contributed by atoms with van der Waals surface area (Å²) in [7, 11) is 4.53. The Morgan fingerprint density at radius 2 is 1.84 bits per heavy atom. The predicted octanol–water partition coefficient (Wildman–Crippen LogP) is 2.67. The van der Waals surface area contributed by atoms with Gasteiger partial charge >= 0.3 is 0 Å². The van der Waals surface area contributed by atoms with Crippen LogP contribution in [0.4, 0.5) is 4.39 Å². The summed E-state index contributed by atoms with van der Waals surface area (Å²) in [5.74, 6) is 0.739. The van der Waals surface area contributed by atoms with Gasteiger partial charge in [0.15, 0.2) is 23.1 Å². The van der Waals surface area contributed by atoms with Crippen LogP contribution in [0.15, 0.2) is 6.07 Å². The van der Waals surface area contributed by atoms with E-state index in [1.54, 1.807) is 7.11 Å². The Kier molecular flexibility index (Phi) is 4.47. The Morgan fingerprint density at radius 1 is 1.11 bits per heavy atom. The molecule has 1 aromatic rings. The molecular formula is C14H20FNO3. The molecule has 0 amide bonds. The smallest absolute Gasteiger partial charge is 0.169 e. The number of methoxy groups -OCH3 is 3. The van der Waals surface area contributed by atoms with Crippen LogP contribution in [-0.2, 0) is 0 Å². The monoisotopic (exact) mass is 269 g/mol. The second kappa shape index (κ2) is 6.10. The lowest BCUT2D eigenvalue weighted by molar-refractivity contribution is 0.314. The average molecular weight is 269 g/mol. The van der Waals surface area contributed by atoms with Crippen molar-refractivity contribution in [2.45, 2.75) is 25.3 Å². The Balaban J connectivity index is 2.55. The van der Waals surface area contributed by atoms with Crippen molar-refractivity contribution in [1.82, 2.24) is 5.32 Å². The summed E-state index contributed by atoms with van der Waals surface area (Å²) in [6.07, 6.45) is 3.16. The van der Waals surface area contributed by atoms with E-state index in [0.29, 0.717) is 17.1 Å². The summed E-state index contributed by atoms with van der Waals surface area (Å²) >= 11 is 0. The molecule has 1 heterocycles. The van der Waals surface area contributed by atoms with Gasteiger partial charge in [0.2, 0.25) is 0 Å². The molecule has 19 heavy (non-hydrogen) atoms. The van der Waals surface area contributed by atoms with E-state index in [2.05, 4.69) is 5.32 Å². The van der Waals surface area contributed by atoms with Crippen LogP contribution >= 0.6 is 0 Å². The second-order valence-electron chi connectivity index (χ2n) is 4.54. The lowest BCUT2D eigenvalue weighted by Crippen LogP contribution is -2.27. The van der Waals surface area contributed by atoms with Crippen LogP contribution in [0.2, 0.25) is 0 Å². The van der Waals surface area contributed by atoms with Gasteiger partial charge in [-0.2, -0.15) is 0 Å². The van der Waals surface area contributed by atoms with Gasteiger partial charge in [-0.25, -0.2) is 4.39 Å². The van der Waals surface area contributed by atoms with Crippen molar-refractivity contribution < 1.29 is 18.6 Å². The van der Waals surface area contributed by atoms with Crippen LogP contribution in [-0.4, -0.2) is 27.9 Å². The Morgan fingerprint density at radius 3 is 2.37 bits per heavy atom. The maximum Gasteiger partial charge on any atom is 0.169 e. The third-order valence-corrected chi connectivity index (χ3v) is 3.47. The van der Waals surface area contributed by atoms with Crippen molar-refractivity contribution in [1.29, 1.82) is 0 Å². The van der Waals surface area contributed by atoms with Crippen LogP contribution in [0.5, 0.6) is 17.2 Å². The molecule has 1 N–H and O–H groups in total.